The van der Waals surface area contributed by atoms with Gasteiger partial charge in [-0.15, -0.1) is 0 Å². The molecule has 3 rings (SSSR count). The number of carbonyl (C=O) groups excluding carboxylic acids is 2. The molecule has 5 nitrogen and oxygen atoms in total. The molecule has 1 unspecified atom stereocenters. The van der Waals surface area contributed by atoms with Gasteiger partial charge in [0.05, 0.1) is 0 Å². The second kappa shape index (κ2) is 6.07. The van der Waals surface area contributed by atoms with Gasteiger partial charge < -0.3 is 15.6 Å². The lowest BCUT2D eigenvalue weighted by atomic mass is 9.88. The van der Waals surface area contributed by atoms with Crippen molar-refractivity contribution >= 4 is 22.7 Å². The molecule has 0 bridgehead atoms. The Labute approximate surface area is 135 Å². The SMILES string of the molecule is CC[C@@H](C)[C@H]1NC(=O)[C@@H](C(C)c2c[nH]c3ccccc23)NC1=O. The van der Waals surface area contributed by atoms with Crippen molar-refractivity contribution in [2.75, 3.05) is 0 Å². The van der Waals surface area contributed by atoms with Gasteiger partial charge in [-0.2, -0.15) is 0 Å². The van der Waals surface area contributed by atoms with Gasteiger partial charge in [-0.3, -0.25) is 9.59 Å². The maximum absolute atomic E-state index is 12.5. The van der Waals surface area contributed by atoms with Gasteiger partial charge in [-0.1, -0.05) is 45.4 Å². The van der Waals surface area contributed by atoms with Crippen LogP contribution in [0, 0.1) is 5.92 Å². The summed E-state index contributed by atoms with van der Waals surface area (Å²) in [7, 11) is 0. The molecule has 1 aromatic carbocycles. The van der Waals surface area contributed by atoms with Crippen molar-refractivity contribution in [1.29, 1.82) is 0 Å². The van der Waals surface area contributed by atoms with Crippen LogP contribution < -0.4 is 10.6 Å². The molecule has 122 valence electrons. The van der Waals surface area contributed by atoms with Crippen LogP contribution in [-0.2, 0) is 9.59 Å². The molecule has 0 saturated carbocycles. The van der Waals surface area contributed by atoms with Crippen molar-refractivity contribution in [3.8, 4) is 0 Å². The van der Waals surface area contributed by atoms with E-state index in [1.807, 2.05) is 51.2 Å². The molecule has 1 fully saturated rings. The quantitative estimate of drug-likeness (QED) is 0.810. The van der Waals surface area contributed by atoms with Gasteiger partial charge in [-0.05, 0) is 17.5 Å². The highest BCUT2D eigenvalue weighted by Gasteiger charge is 2.39. The number of amides is 2. The zero-order chi connectivity index (χ0) is 16.6. The molecule has 2 aromatic rings. The average molecular weight is 313 g/mol. The van der Waals surface area contributed by atoms with Crippen LogP contribution in [0.4, 0.5) is 0 Å². The summed E-state index contributed by atoms with van der Waals surface area (Å²) < 4.78 is 0. The number of nitrogens with one attached hydrogen (secondary N) is 3. The molecule has 3 N–H and O–H groups in total. The molecule has 1 aliphatic rings. The fraction of sp³-hybridized carbons (Fsp3) is 0.444. The third-order valence-corrected chi connectivity index (χ3v) is 4.99. The van der Waals surface area contributed by atoms with Crippen molar-refractivity contribution in [3.05, 3.63) is 36.0 Å². The lowest BCUT2D eigenvalue weighted by Crippen LogP contribution is -2.64. The summed E-state index contributed by atoms with van der Waals surface area (Å²) in [6.07, 6.45) is 2.77. The van der Waals surface area contributed by atoms with E-state index in [0.717, 1.165) is 22.9 Å². The van der Waals surface area contributed by atoms with Gasteiger partial charge in [0.25, 0.3) is 0 Å². The summed E-state index contributed by atoms with van der Waals surface area (Å²) in [5.41, 5.74) is 2.08. The van der Waals surface area contributed by atoms with E-state index in [4.69, 9.17) is 0 Å². The summed E-state index contributed by atoms with van der Waals surface area (Å²) in [6.45, 7) is 5.97. The number of hydrogen-bond acceptors (Lipinski definition) is 2. The number of H-pyrrole nitrogens is 1. The summed E-state index contributed by atoms with van der Waals surface area (Å²) in [4.78, 5) is 28.1. The van der Waals surface area contributed by atoms with Crippen molar-refractivity contribution in [2.45, 2.75) is 45.2 Å². The first-order valence-electron chi connectivity index (χ1n) is 8.19. The molecule has 0 aliphatic carbocycles. The normalized spacial score (nSPS) is 24.1. The van der Waals surface area contributed by atoms with E-state index in [2.05, 4.69) is 15.6 Å². The Bertz CT molecular complexity index is 737. The number of para-hydroxylation sites is 1. The van der Waals surface area contributed by atoms with E-state index >= 15 is 0 Å². The molecule has 2 amide bonds. The molecular formula is C18H23N3O2. The number of aromatic amines is 1. The van der Waals surface area contributed by atoms with Crippen molar-refractivity contribution < 1.29 is 9.59 Å². The number of hydrogen-bond donors (Lipinski definition) is 3. The minimum Gasteiger partial charge on any atom is -0.361 e. The van der Waals surface area contributed by atoms with Gasteiger partial charge in [0, 0.05) is 23.0 Å². The Morgan fingerprint density at radius 2 is 1.70 bits per heavy atom. The molecule has 0 spiro atoms. The molecule has 4 atom stereocenters. The number of aromatic nitrogens is 1. The highest BCUT2D eigenvalue weighted by atomic mass is 16.2. The van der Waals surface area contributed by atoms with Crippen molar-refractivity contribution in [3.63, 3.8) is 0 Å². The van der Waals surface area contributed by atoms with Gasteiger partial charge in [0.15, 0.2) is 0 Å². The minimum absolute atomic E-state index is 0.0874. The number of benzene rings is 1. The third-order valence-electron chi connectivity index (χ3n) is 4.99. The monoisotopic (exact) mass is 313 g/mol. The highest BCUT2D eigenvalue weighted by molar-refractivity contribution is 5.98. The maximum Gasteiger partial charge on any atom is 0.243 e. The van der Waals surface area contributed by atoms with E-state index in [1.54, 1.807) is 0 Å². The second-order valence-corrected chi connectivity index (χ2v) is 6.44. The number of piperazine rings is 1. The summed E-state index contributed by atoms with van der Waals surface area (Å²) in [5.74, 6) is -0.167. The molecule has 0 radical (unpaired) electrons. The standard InChI is InChI=1S/C18H23N3O2/c1-4-10(2)15-17(22)21-16(18(23)20-15)11(3)13-9-19-14-8-6-5-7-12(13)14/h5-11,15-16,19H,4H2,1-3H3,(H,20,23)(H,21,22)/t10-,11?,15-,16-/m1/s1. The maximum atomic E-state index is 12.5. The fourth-order valence-electron chi connectivity index (χ4n) is 3.26. The molecule has 2 heterocycles. The van der Waals surface area contributed by atoms with Gasteiger partial charge in [0.1, 0.15) is 12.1 Å². The predicted molar refractivity (Wildman–Crippen MR) is 90.0 cm³/mol. The van der Waals surface area contributed by atoms with E-state index in [0.29, 0.717) is 0 Å². The summed E-state index contributed by atoms with van der Waals surface area (Å²) >= 11 is 0. The first-order valence-corrected chi connectivity index (χ1v) is 8.19. The Balaban J connectivity index is 1.84. The summed E-state index contributed by atoms with van der Waals surface area (Å²) in [5, 5.41) is 6.90. The Kier molecular flexibility index (Phi) is 4.11. The first-order chi connectivity index (χ1) is 11.0. The summed E-state index contributed by atoms with van der Waals surface area (Å²) in [6, 6.07) is 7.01. The zero-order valence-electron chi connectivity index (χ0n) is 13.7. The van der Waals surface area contributed by atoms with E-state index in [-0.39, 0.29) is 23.7 Å². The fourth-order valence-corrected chi connectivity index (χ4v) is 3.26. The first kappa shape index (κ1) is 15.6. The van der Waals surface area contributed by atoms with Crippen molar-refractivity contribution in [1.82, 2.24) is 15.6 Å². The van der Waals surface area contributed by atoms with Crippen molar-refractivity contribution in [2.24, 2.45) is 5.92 Å². The minimum atomic E-state index is -0.540. The van der Waals surface area contributed by atoms with E-state index in [1.165, 1.54) is 0 Å². The van der Waals surface area contributed by atoms with Crippen LogP contribution in [0.2, 0.25) is 0 Å². The zero-order valence-corrected chi connectivity index (χ0v) is 13.7. The van der Waals surface area contributed by atoms with E-state index in [9.17, 15) is 9.59 Å². The molecule has 1 saturated heterocycles. The smallest absolute Gasteiger partial charge is 0.243 e. The molecule has 5 heteroatoms. The third kappa shape index (κ3) is 2.71. The lowest BCUT2D eigenvalue weighted by molar-refractivity contribution is -0.138. The van der Waals surface area contributed by atoms with Crippen LogP contribution in [0.1, 0.15) is 38.7 Å². The highest BCUT2D eigenvalue weighted by Crippen LogP contribution is 2.29. The van der Waals surface area contributed by atoms with Crippen LogP contribution in [-0.4, -0.2) is 28.9 Å². The molecular weight excluding hydrogens is 290 g/mol. The number of fused-ring (bicyclic) bond motifs is 1. The van der Waals surface area contributed by atoms with Gasteiger partial charge in [-0.25, -0.2) is 0 Å². The molecule has 23 heavy (non-hydrogen) atoms. The Morgan fingerprint density at radius 3 is 2.43 bits per heavy atom. The molecule has 1 aliphatic heterocycles. The Morgan fingerprint density at radius 1 is 1.04 bits per heavy atom. The van der Waals surface area contributed by atoms with E-state index < -0.39 is 12.1 Å². The Hall–Kier alpha value is -2.30. The number of carbonyl (C=O) groups is 2. The van der Waals surface area contributed by atoms with Crippen LogP contribution in [0.3, 0.4) is 0 Å². The van der Waals surface area contributed by atoms with Crippen LogP contribution in [0.15, 0.2) is 30.5 Å². The van der Waals surface area contributed by atoms with Gasteiger partial charge in [0.2, 0.25) is 11.8 Å². The largest absolute Gasteiger partial charge is 0.361 e. The lowest BCUT2D eigenvalue weighted by Gasteiger charge is -2.35. The van der Waals surface area contributed by atoms with Crippen LogP contribution in [0.5, 0.6) is 0 Å². The molecule has 1 aromatic heterocycles. The second-order valence-electron chi connectivity index (χ2n) is 6.44. The average Bonchev–Trinajstić information content (AvgIpc) is 2.99. The van der Waals surface area contributed by atoms with Crippen LogP contribution in [0.25, 0.3) is 10.9 Å². The topological polar surface area (TPSA) is 74.0 Å². The van der Waals surface area contributed by atoms with Crippen LogP contribution >= 0.6 is 0 Å². The van der Waals surface area contributed by atoms with Gasteiger partial charge >= 0.3 is 0 Å². The predicted octanol–water partition coefficient (Wildman–Crippen LogP) is 2.30. The number of rotatable bonds is 4.